The Hall–Kier alpha value is -2.73. The van der Waals surface area contributed by atoms with Crippen LogP contribution in [0.3, 0.4) is 0 Å². The second-order valence-electron chi connectivity index (χ2n) is 5.95. The molecule has 1 aliphatic heterocycles. The molecule has 1 saturated heterocycles. The first-order valence-electron chi connectivity index (χ1n) is 8.10. The quantitative estimate of drug-likeness (QED) is 0.446. The Bertz CT molecular complexity index is 1140. The van der Waals surface area contributed by atoms with Crippen LogP contribution in [0.4, 0.5) is 5.69 Å². The van der Waals surface area contributed by atoms with Crippen molar-refractivity contribution in [3.8, 4) is 11.3 Å². The van der Waals surface area contributed by atoms with Gasteiger partial charge in [-0.2, -0.15) is 0 Å². The van der Waals surface area contributed by atoms with Crippen molar-refractivity contribution in [2.24, 2.45) is 0 Å². The Morgan fingerprint density at radius 2 is 1.71 bits per heavy atom. The lowest BCUT2D eigenvalue weighted by atomic mass is 10.2. The molecule has 2 aromatic carbocycles. The highest BCUT2D eigenvalue weighted by Crippen LogP contribution is 2.32. The van der Waals surface area contributed by atoms with Gasteiger partial charge in [0.25, 0.3) is 11.8 Å². The fourth-order valence-corrected chi connectivity index (χ4v) is 3.45. The van der Waals surface area contributed by atoms with Gasteiger partial charge in [0, 0.05) is 15.6 Å². The van der Waals surface area contributed by atoms with Gasteiger partial charge in [0.15, 0.2) is 0 Å². The van der Waals surface area contributed by atoms with Crippen molar-refractivity contribution in [2.45, 2.75) is 0 Å². The van der Waals surface area contributed by atoms with Gasteiger partial charge < -0.3 is 4.42 Å². The molecule has 1 aromatic heterocycles. The van der Waals surface area contributed by atoms with E-state index in [0.29, 0.717) is 37.8 Å². The van der Waals surface area contributed by atoms with E-state index >= 15 is 0 Å². The summed E-state index contributed by atoms with van der Waals surface area (Å²) in [4.78, 5) is 24.9. The Labute approximate surface area is 175 Å². The van der Waals surface area contributed by atoms with Crippen molar-refractivity contribution in [3.05, 3.63) is 81.0 Å². The zero-order valence-electron chi connectivity index (χ0n) is 14.1. The number of nitrogens with one attached hydrogen (secondary N) is 1. The predicted octanol–water partition coefficient (Wildman–Crippen LogP) is 5.37. The molecule has 3 aromatic rings. The summed E-state index contributed by atoms with van der Waals surface area (Å²) >= 11 is 18.1. The molecule has 2 heterocycles. The average Bonchev–Trinajstić information content (AvgIpc) is 3.22. The van der Waals surface area contributed by atoms with E-state index in [0.717, 1.165) is 5.01 Å². The Morgan fingerprint density at radius 3 is 2.46 bits per heavy atom. The highest BCUT2D eigenvalue weighted by molar-refractivity contribution is 6.36. The molecule has 1 fully saturated rings. The lowest BCUT2D eigenvalue weighted by Crippen LogP contribution is -2.35. The van der Waals surface area contributed by atoms with Crippen LogP contribution in [0.5, 0.6) is 0 Å². The monoisotopic (exact) mass is 432 g/mol. The molecule has 0 atom stereocenters. The third kappa shape index (κ3) is 3.52. The van der Waals surface area contributed by atoms with E-state index in [-0.39, 0.29) is 5.57 Å². The maximum atomic E-state index is 12.7. The maximum absolute atomic E-state index is 12.7. The first-order valence-corrected chi connectivity index (χ1v) is 9.24. The number of rotatable bonds is 3. The topological polar surface area (TPSA) is 62.6 Å². The highest BCUT2D eigenvalue weighted by Gasteiger charge is 2.34. The van der Waals surface area contributed by atoms with E-state index in [1.807, 2.05) is 0 Å². The number of anilines is 1. The number of carbonyl (C=O) groups excluding carboxylic acids is 2. The van der Waals surface area contributed by atoms with Crippen LogP contribution in [0.15, 0.2) is 64.6 Å². The second kappa shape index (κ2) is 7.36. The number of benzene rings is 2. The third-order valence-electron chi connectivity index (χ3n) is 4.07. The minimum atomic E-state index is -0.535. The van der Waals surface area contributed by atoms with Crippen LogP contribution < -0.4 is 10.4 Å². The molecule has 0 unspecified atom stereocenters. The summed E-state index contributed by atoms with van der Waals surface area (Å²) in [6.07, 6.45) is 1.38. The number of hydrogen-bond acceptors (Lipinski definition) is 3. The lowest BCUT2D eigenvalue weighted by molar-refractivity contribution is -0.117. The molecule has 28 heavy (non-hydrogen) atoms. The van der Waals surface area contributed by atoms with Gasteiger partial charge in [-0.25, -0.2) is 5.01 Å². The molecule has 140 valence electrons. The average molecular weight is 434 g/mol. The van der Waals surface area contributed by atoms with E-state index < -0.39 is 11.8 Å². The standard InChI is InChI=1S/C20H11Cl3N2O3/c21-11-2-1-3-13(8-11)25-20(27)16(19(26)24-25)10-14-5-7-18(28-14)15-6-4-12(22)9-17(15)23/h1-10H,(H,24,26)/b16-10+. The normalized spacial score (nSPS) is 15.4. The second-order valence-corrected chi connectivity index (χ2v) is 7.23. The number of hydrazine groups is 1. The van der Waals surface area contributed by atoms with Gasteiger partial charge in [-0.3, -0.25) is 15.0 Å². The summed E-state index contributed by atoms with van der Waals surface area (Å²) in [6.45, 7) is 0. The molecule has 2 amide bonds. The fraction of sp³-hybridized carbons (Fsp3) is 0. The first kappa shape index (κ1) is 18.6. The summed E-state index contributed by atoms with van der Waals surface area (Å²) < 4.78 is 5.73. The van der Waals surface area contributed by atoms with E-state index in [9.17, 15) is 9.59 Å². The molecule has 0 bridgehead atoms. The summed E-state index contributed by atoms with van der Waals surface area (Å²) in [5.74, 6) is -0.208. The zero-order chi connectivity index (χ0) is 19.8. The minimum Gasteiger partial charge on any atom is -0.457 e. The van der Waals surface area contributed by atoms with Crippen molar-refractivity contribution >= 4 is 58.4 Å². The summed E-state index contributed by atoms with van der Waals surface area (Å²) in [7, 11) is 0. The molecule has 0 radical (unpaired) electrons. The Kier molecular flexibility index (Phi) is 4.89. The molecule has 4 rings (SSSR count). The van der Waals surface area contributed by atoms with Crippen molar-refractivity contribution in [2.75, 3.05) is 5.01 Å². The van der Waals surface area contributed by atoms with Crippen LogP contribution in [-0.2, 0) is 9.59 Å². The molecule has 0 aliphatic carbocycles. The maximum Gasteiger partial charge on any atom is 0.282 e. The Balaban J connectivity index is 1.63. The number of nitrogens with zero attached hydrogens (tertiary/aromatic N) is 1. The lowest BCUT2D eigenvalue weighted by Gasteiger charge is -2.14. The van der Waals surface area contributed by atoms with Gasteiger partial charge >= 0.3 is 0 Å². The first-order chi connectivity index (χ1) is 13.4. The number of furan rings is 1. The van der Waals surface area contributed by atoms with Gasteiger partial charge in [0.05, 0.1) is 10.7 Å². The third-order valence-corrected chi connectivity index (χ3v) is 4.85. The molecular formula is C20H11Cl3N2O3. The van der Waals surface area contributed by atoms with Crippen molar-refractivity contribution < 1.29 is 14.0 Å². The SMILES string of the molecule is O=C1NN(c2cccc(Cl)c2)C(=O)/C1=C/c1ccc(-c2ccc(Cl)cc2Cl)o1. The molecule has 5 nitrogen and oxygen atoms in total. The van der Waals surface area contributed by atoms with Gasteiger partial charge in [-0.1, -0.05) is 40.9 Å². The molecule has 0 saturated carbocycles. The van der Waals surface area contributed by atoms with Crippen molar-refractivity contribution in [3.63, 3.8) is 0 Å². The predicted molar refractivity (Wildman–Crippen MR) is 109 cm³/mol. The molecule has 1 N–H and O–H groups in total. The van der Waals surface area contributed by atoms with Crippen LogP contribution >= 0.6 is 34.8 Å². The van der Waals surface area contributed by atoms with E-state index in [1.165, 1.54) is 6.08 Å². The van der Waals surface area contributed by atoms with Crippen LogP contribution in [0.2, 0.25) is 15.1 Å². The molecule has 1 aliphatic rings. The largest absolute Gasteiger partial charge is 0.457 e. The van der Waals surface area contributed by atoms with Crippen molar-refractivity contribution in [1.82, 2.24) is 5.43 Å². The van der Waals surface area contributed by atoms with Gasteiger partial charge in [-0.15, -0.1) is 0 Å². The summed E-state index contributed by atoms with van der Waals surface area (Å²) in [5.41, 5.74) is 3.57. The molecule has 8 heteroatoms. The zero-order valence-corrected chi connectivity index (χ0v) is 16.3. The van der Waals surface area contributed by atoms with Crippen LogP contribution in [0.25, 0.3) is 17.4 Å². The molecule has 0 spiro atoms. The summed E-state index contributed by atoms with van der Waals surface area (Å²) in [5, 5.41) is 2.53. The smallest absolute Gasteiger partial charge is 0.282 e. The van der Waals surface area contributed by atoms with E-state index in [4.69, 9.17) is 39.2 Å². The Morgan fingerprint density at radius 1 is 0.929 bits per heavy atom. The van der Waals surface area contributed by atoms with Crippen LogP contribution in [-0.4, -0.2) is 11.8 Å². The van der Waals surface area contributed by atoms with Crippen molar-refractivity contribution in [1.29, 1.82) is 0 Å². The highest BCUT2D eigenvalue weighted by atomic mass is 35.5. The fourth-order valence-electron chi connectivity index (χ4n) is 2.76. The summed E-state index contributed by atoms with van der Waals surface area (Å²) in [6, 6.07) is 15.0. The van der Waals surface area contributed by atoms with E-state index in [2.05, 4.69) is 5.43 Å². The van der Waals surface area contributed by atoms with Gasteiger partial charge in [0.1, 0.15) is 17.1 Å². The van der Waals surface area contributed by atoms with Crippen LogP contribution in [0, 0.1) is 0 Å². The number of carbonyl (C=O) groups is 2. The molecular weight excluding hydrogens is 423 g/mol. The number of halogens is 3. The van der Waals surface area contributed by atoms with Crippen LogP contribution in [0.1, 0.15) is 5.76 Å². The van der Waals surface area contributed by atoms with E-state index in [1.54, 1.807) is 54.6 Å². The number of hydrogen-bond donors (Lipinski definition) is 1. The number of amides is 2. The van der Waals surface area contributed by atoms with Gasteiger partial charge in [0.2, 0.25) is 0 Å². The minimum absolute atomic E-state index is 0.0527. The van der Waals surface area contributed by atoms with Gasteiger partial charge in [-0.05, 0) is 54.6 Å².